The van der Waals surface area contributed by atoms with E-state index in [4.69, 9.17) is 11.2 Å². The highest BCUT2D eigenvalue weighted by Crippen LogP contribution is 2.14. The summed E-state index contributed by atoms with van der Waals surface area (Å²) in [5, 5.41) is 0. The van der Waals surface area contributed by atoms with Crippen molar-refractivity contribution in [2.24, 2.45) is 0 Å². The average molecular weight is 238 g/mol. The second-order valence-electron chi connectivity index (χ2n) is 2.12. The lowest BCUT2D eigenvalue weighted by Crippen LogP contribution is -2.22. The Morgan fingerprint density at radius 2 is 2.21 bits per heavy atom. The molecule has 0 bridgehead atoms. The van der Waals surface area contributed by atoms with Crippen LogP contribution in [0.5, 0.6) is 0 Å². The summed E-state index contributed by atoms with van der Waals surface area (Å²) in [5.74, 6) is 1.99. The van der Waals surface area contributed by atoms with Gasteiger partial charge in [0.25, 0.3) is 0 Å². The first-order valence-corrected chi connectivity index (χ1v) is 6.80. The third-order valence-corrected chi connectivity index (χ3v) is 4.10. The lowest BCUT2D eigenvalue weighted by atomic mass is 10.8. The lowest BCUT2D eigenvalue weighted by molar-refractivity contribution is -0.152. The molecular formula is C7H11O5PS. The average Bonchev–Trinajstić information content (AvgIpc) is 2.10. The van der Waals surface area contributed by atoms with E-state index in [-0.39, 0.29) is 6.61 Å². The molecule has 0 heterocycles. The van der Waals surface area contributed by atoms with Gasteiger partial charge in [0, 0.05) is 0 Å². The minimum Gasteiger partial charge on any atom is -0.628 e. The zero-order valence-electron chi connectivity index (χ0n) is 7.89. The molecule has 1 atom stereocenters. The number of rotatable bonds is 5. The van der Waals surface area contributed by atoms with E-state index in [1.54, 1.807) is 6.92 Å². The van der Waals surface area contributed by atoms with Gasteiger partial charge >= 0.3 is 14.9 Å². The van der Waals surface area contributed by atoms with Gasteiger partial charge in [-0.3, -0.25) is 0 Å². The molecule has 5 nitrogen and oxygen atoms in total. The predicted octanol–water partition coefficient (Wildman–Crippen LogP) is -0.523. The van der Waals surface area contributed by atoms with Crippen LogP contribution in [0, 0.1) is 12.3 Å². The van der Waals surface area contributed by atoms with Crippen LogP contribution in [0.2, 0.25) is 0 Å². The van der Waals surface area contributed by atoms with Crippen LogP contribution >= 0.6 is 7.77 Å². The summed E-state index contributed by atoms with van der Waals surface area (Å²) in [7, 11) is -6.19. The van der Waals surface area contributed by atoms with Crippen LogP contribution in [0.15, 0.2) is 0 Å². The van der Waals surface area contributed by atoms with E-state index in [9.17, 15) is 13.3 Å². The second kappa shape index (κ2) is 6.12. The minimum absolute atomic E-state index is 0.100. The molecule has 1 unspecified atom stereocenters. The van der Waals surface area contributed by atoms with Gasteiger partial charge in [-0.05, 0) is 6.92 Å². The maximum atomic E-state index is 11.3. The van der Waals surface area contributed by atoms with Gasteiger partial charge in [-0.25, -0.2) is 4.18 Å². The van der Waals surface area contributed by atoms with Gasteiger partial charge < -0.3 is 9.63 Å². The third kappa shape index (κ3) is 4.18. The fraction of sp³-hybridized carbons (Fsp3) is 0.571. The van der Waals surface area contributed by atoms with Crippen molar-refractivity contribution in [1.82, 2.24) is 0 Å². The molecule has 0 aliphatic heterocycles. The first kappa shape index (κ1) is 13.6. The highest BCUT2D eigenvalue weighted by atomic mass is 32.2. The molecule has 0 radical (unpaired) electrons. The van der Waals surface area contributed by atoms with Gasteiger partial charge in [-0.15, -0.1) is 6.42 Å². The third-order valence-electron chi connectivity index (χ3n) is 1.04. The summed E-state index contributed by atoms with van der Waals surface area (Å²) < 4.78 is 31.6. The molecule has 0 aromatic heterocycles. The van der Waals surface area contributed by atoms with E-state index >= 15 is 0 Å². The van der Waals surface area contributed by atoms with Crippen LogP contribution in [0.4, 0.5) is 0 Å². The van der Waals surface area contributed by atoms with Crippen LogP contribution in [0.25, 0.3) is 0 Å². The van der Waals surface area contributed by atoms with E-state index in [1.807, 2.05) is 5.92 Å². The Labute approximate surface area is 84.6 Å². The molecule has 0 N–H and O–H groups in total. The van der Waals surface area contributed by atoms with Crippen molar-refractivity contribution >= 4 is 22.7 Å². The smallest absolute Gasteiger partial charge is 0.364 e. The molecule has 0 aliphatic carbocycles. The van der Waals surface area contributed by atoms with E-state index in [2.05, 4.69) is 4.18 Å². The normalized spacial score (nSPS) is 13.3. The monoisotopic (exact) mass is 238 g/mol. The topological polar surface area (TPSA) is 75.7 Å². The molecule has 0 saturated carbocycles. The number of terminal acetylenes is 1. The van der Waals surface area contributed by atoms with E-state index in [1.165, 1.54) is 6.66 Å². The quantitative estimate of drug-likeness (QED) is 0.366. The first-order valence-electron chi connectivity index (χ1n) is 3.69. The molecule has 0 aromatic carbocycles. The fourth-order valence-corrected chi connectivity index (χ4v) is 2.92. The second-order valence-corrected chi connectivity index (χ2v) is 5.34. The van der Waals surface area contributed by atoms with Crippen molar-refractivity contribution in [3.8, 4) is 12.3 Å². The number of hydrogen-bond acceptors (Lipinski definition) is 5. The van der Waals surface area contributed by atoms with Gasteiger partial charge in [-0.1, -0.05) is 5.92 Å². The predicted molar refractivity (Wildman–Crippen MR) is 53.2 cm³/mol. The van der Waals surface area contributed by atoms with Crippen molar-refractivity contribution < 1.29 is 22.2 Å². The summed E-state index contributed by atoms with van der Waals surface area (Å²) >= 11 is 0. The van der Waals surface area contributed by atoms with Crippen molar-refractivity contribution in [3.05, 3.63) is 0 Å². The molecule has 0 rings (SSSR count). The molecule has 0 aromatic rings. The van der Waals surface area contributed by atoms with Crippen LogP contribution in [-0.2, 0) is 19.0 Å². The molecular weight excluding hydrogens is 227 g/mol. The summed E-state index contributed by atoms with van der Waals surface area (Å²) in [6.45, 7) is 2.50. The Morgan fingerprint density at radius 3 is 2.57 bits per heavy atom. The molecule has 80 valence electrons. The molecule has 0 fully saturated rings. The number of ether oxygens (including phenoxy) is 1. The molecule has 7 heteroatoms. The van der Waals surface area contributed by atoms with Gasteiger partial charge in [0.2, 0.25) is 0 Å². The van der Waals surface area contributed by atoms with Crippen molar-refractivity contribution in [2.45, 2.75) is 6.92 Å². The van der Waals surface area contributed by atoms with Crippen LogP contribution in [0.3, 0.4) is 0 Å². The van der Waals surface area contributed by atoms with Gasteiger partial charge in [0.15, 0.2) is 0 Å². The zero-order chi connectivity index (χ0) is 11.2. The van der Waals surface area contributed by atoms with Crippen molar-refractivity contribution in [2.75, 3.05) is 19.9 Å². The van der Waals surface area contributed by atoms with Crippen LogP contribution in [-0.4, -0.2) is 33.1 Å². The Kier molecular flexibility index (Phi) is 5.93. The Hall–Kier alpha value is -0.440. The fourth-order valence-electron chi connectivity index (χ4n) is 0.606. The number of hydrogen-bond donors (Lipinski definition) is 0. The van der Waals surface area contributed by atoms with Gasteiger partial charge in [-0.2, -0.15) is 8.42 Å². The summed E-state index contributed by atoms with van der Waals surface area (Å²) in [4.78, 5) is 10.5. The summed E-state index contributed by atoms with van der Waals surface area (Å²) in [6.07, 6.45) is 4.82. The van der Waals surface area contributed by atoms with Crippen LogP contribution in [0.1, 0.15) is 6.92 Å². The largest absolute Gasteiger partial charge is 0.628 e. The Morgan fingerprint density at radius 1 is 1.64 bits per heavy atom. The van der Waals surface area contributed by atoms with Crippen molar-refractivity contribution in [3.63, 3.8) is 0 Å². The maximum absolute atomic E-state index is 11.3. The zero-order valence-corrected chi connectivity index (χ0v) is 9.60. The molecule has 0 spiro atoms. The van der Waals surface area contributed by atoms with E-state index in [0.29, 0.717) is 0 Å². The molecule has 0 saturated heterocycles. The Bertz CT molecular complexity index is 347. The molecule has 0 amide bonds. The summed E-state index contributed by atoms with van der Waals surface area (Å²) in [6, 6.07) is 0. The highest BCUT2D eigenvalue weighted by molar-refractivity contribution is 8.08. The van der Waals surface area contributed by atoms with Crippen molar-refractivity contribution in [1.29, 1.82) is 0 Å². The summed E-state index contributed by atoms with van der Waals surface area (Å²) in [5.41, 5.74) is 0. The first-order chi connectivity index (χ1) is 6.45. The maximum Gasteiger partial charge on any atom is 0.364 e. The molecule has 0 aliphatic rings. The van der Waals surface area contributed by atoms with Gasteiger partial charge in [0.1, 0.15) is 6.61 Å². The standard InChI is InChI=1S/C7H11O5PS/c1-4-6-12-14(9,10)7(11-5-2)13(3)8/h1H,5-6H2,2-3H3. The van der Waals surface area contributed by atoms with E-state index < -0.39 is 29.3 Å². The molecule has 14 heavy (non-hydrogen) atoms. The van der Waals surface area contributed by atoms with Crippen LogP contribution < -0.4 is 4.89 Å². The van der Waals surface area contributed by atoms with E-state index in [0.717, 1.165) is 0 Å². The lowest BCUT2D eigenvalue weighted by Gasteiger charge is -2.04. The Balaban J connectivity index is 4.86. The minimum atomic E-state index is -4.08. The SMILES string of the molecule is C#CCOS(=O)(=O)/C(OCC)=[P+](/C)[O-]. The van der Waals surface area contributed by atoms with Gasteiger partial charge in [0.05, 0.1) is 21.0 Å². The highest BCUT2D eigenvalue weighted by Gasteiger charge is 2.27.